The van der Waals surface area contributed by atoms with Crippen LogP contribution < -0.4 is 10.5 Å². The Labute approximate surface area is 189 Å². The van der Waals surface area contributed by atoms with E-state index in [1.807, 2.05) is 11.4 Å². The lowest BCUT2D eigenvalue weighted by molar-refractivity contribution is 0.103. The van der Waals surface area contributed by atoms with E-state index in [9.17, 15) is 4.79 Å². The number of halogens is 1. The normalized spacial score (nSPS) is 14.0. The molecule has 0 spiro atoms. The Bertz CT molecular complexity index is 1280. The summed E-state index contributed by atoms with van der Waals surface area (Å²) in [5, 5.41) is 4.37. The van der Waals surface area contributed by atoms with Crippen LogP contribution in [0, 0.1) is 0 Å². The van der Waals surface area contributed by atoms with Crippen LogP contribution in [0.3, 0.4) is 0 Å². The summed E-state index contributed by atoms with van der Waals surface area (Å²) in [7, 11) is 1.69. The van der Waals surface area contributed by atoms with Crippen molar-refractivity contribution in [1.29, 1.82) is 0 Å². The maximum atomic E-state index is 13.1. The summed E-state index contributed by atoms with van der Waals surface area (Å²) >= 11 is 7.39. The van der Waals surface area contributed by atoms with Gasteiger partial charge in [-0.15, -0.1) is 11.3 Å². The first-order valence-electron chi connectivity index (χ1n) is 10.1. The number of fused-ring (bicyclic) bond motifs is 3. The van der Waals surface area contributed by atoms with Gasteiger partial charge in [-0.1, -0.05) is 11.6 Å². The van der Waals surface area contributed by atoms with Crippen molar-refractivity contribution in [3.05, 3.63) is 81.3 Å². The molecule has 31 heavy (non-hydrogen) atoms. The molecule has 0 radical (unpaired) electrons. The van der Waals surface area contributed by atoms with Crippen LogP contribution in [0.2, 0.25) is 5.02 Å². The van der Waals surface area contributed by atoms with Gasteiger partial charge in [-0.3, -0.25) is 9.69 Å². The Hall–Kier alpha value is -2.80. The highest BCUT2D eigenvalue weighted by molar-refractivity contribution is 7.14. The number of hydrogen-bond acceptors (Lipinski definition) is 5. The van der Waals surface area contributed by atoms with Crippen LogP contribution >= 0.6 is 22.9 Å². The highest BCUT2D eigenvalue weighted by atomic mass is 35.5. The topological polar surface area (TPSA) is 60.5 Å². The average molecular weight is 452 g/mol. The van der Waals surface area contributed by atoms with Gasteiger partial charge in [-0.2, -0.15) is 0 Å². The predicted molar refractivity (Wildman–Crippen MR) is 126 cm³/mol. The lowest BCUT2D eigenvalue weighted by Crippen LogP contribution is -2.33. The molecule has 4 aromatic rings. The fourth-order valence-corrected chi connectivity index (χ4v) is 5.21. The molecule has 1 aliphatic heterocycles. The number of rotatable bonds is 5. The van der Waals surface area contributed by atoms with Crippen LogP contribution in [0.1, 0.15) is 27.2 Å². The molecule has 5 rings (SSSR count). The summed E-state index contributed by atoms with van der Waals surface area (Å²) in [5.41, 5.74) is 10.9. The maximum absolute atomic E-state index is 13.1. The van der Waals surface area contributed by atoms with Gasteiger partial charge in [0, 0.05) is 53.4 Å². The number of hydrogen-bond donors (Lipinski definition) is 1. The van der Waals surface area contributed by atoms with E-state index in [-0.39, 0.29) is 5.78 Å². The van der Waals surface area contributed by atoms with Crippen molar-refractivity contribution in [3.63, 3.8) is 0 Å². The van der Waals surface area contributed by atoms with E-state index in [4.69, 9.17) is 22.1 Å². The number of anilines is 1. The standard InChI is InChI=1S/C24H22ClN3O2S/c1-30-20-6-7-21-16(11-20)10-19-13-27(8-9-28(19)21)12-17-14-31-24(26)22(17)23(29)15-2-4-18(25)5-3-15/h2-7,10-11,14H,8-9,12-13,26H2,1H3. The number of nitrogens with zero attached hydrogens (tertiary/aromatic N) is 2. The average Bonchev–Trinajstić information content (AvgIpc) is 3.32. The fourth-order valence-electron chi connectivity index (χ4n) is 4.28. The number of ether oxygens (including phenoxy) is 1. The van der Waals surface area contributed by atoms with Crippen molar-refractivity contribution < 1.29 is 9.53 Å². The fraction of sp³-hybridized carbons (Fsp3) is 0.208. The molecular weight excluding hydrogens is 430 g/mol. The molecule has 0 unspecified atom stereocenters. The lowest BCUT2D eigenvalue weighted by Gasteiger charge is -2.29. The van der Waals surface area contributed by atoms with Crippen LogP contribution in [-0.2, 0) is 19.6 Å². The Morgan fingerprint density at radius 3 is 2.74 bits per heavy atom. The summed E-state index contributed by atoms with van der Waals surface area (Å²) in [6.07, 6.45) is 0. The van der Waals surface area contributed by atoms with E-state index in [0.717, 1.165) is 30.9 Å². The quantitative estimate of drug-likeness (QED) is 0.424. The summed E-state index contributed by atoms with van der Waals surface area (Å²) in [5.74, 6) is 0.815. The second-order valence-electron chi connectivity index (χ2n) is 7.76. The monoisotopic (exact) mass is 451 g/mol. The van der Waals surface area contributed by atoms with E-state index >= 15 is 0 Å². The van der Waals surface area contributed by atoms with Gasteiger partial charge in [-0.25, -0.2) is 0 Å². The number of methoxy groups -OCH3 is 1. The first-order chi connectivity index (χ1) is 15.0. The van der Waals surface area contributed by atoms with Crippen molar-refractivity contribution in [2.75, 3.05) is 19.4 Å². The Morgan fingerprint density at radius 2 is 1.97 bits per heavy atom. The van der Waals surface area contributed by atoms with Crippen LogP contribution in [0.4, 0.5) is 5.00 Å². The number of carbonyl (C=O) groups is 1. The zero-order chi connectivity index (χ0) is 21.5. The first-order valence-corrected chi connectivity index (χ1v) is 11.3. The Kier molecular flexibility index (Phi) is 5.22. The molecule has 7 heteroatoms. The summed E-state index contributed by atoms with van der Waals surface area (Å²) in [4.78, 5) is 15.5. The number of benzene rings is 2. The second kappa shape index (κ2) is 8.04. The van der Waals surface area contributed by atoms with Crippen LogP contribution in [0.15, 0.2) is 53.9 Å². The molecule has 2 aromatic heterocycles. The van der Waals surface area contributed by atoms with Crippen molar-refractivity contribution >= 4 is 44.6 Å². The van der Waals surface area contributed by atoms with Gasteiger partial charge >= 0.3 is 0 Å². The van der Waals surface area contributed by atoms with Gasteiger partial charge in [0.1, 0.15) is 5.75 Å². The molecule has 5 nitrogen and oxygen atoms in total. The van der Waals surface area contributed by atoms with Crippen LogP contribution in [0.5, 0.6) is 5.75 Å². The minimum absolute atomic E-state index is 0.0522. The smallest absolute Gasteiger partial charge is 0.196 e. The number of thiophene rings is 1. The van der Waals surface area contributed by atoms with E-state index in [2.05, 4.69) is 27.7 Å². The number of aromatic nitrogens is 1. The molecule has 0 fully saturated rings. The third-order valence-corrected chi connectivity index (χ3v) is 6.96. The molecule has 158 valence electrons. The summed E-state index contributed by atoms with van der Waals surface area (Å²) in [6, 6.07) is 15.4. The lowest BCUT2D eigenvalue weighted by atomic mass is 10.0. The van der Waals surface area contributed by atoms with E-state index in [0.29, 0.717) is 27.7 Å². The first kappa shape index (κ1) is 20.1. The van der Waals surface area contributed by atoms with Gasteiger partial charge in [0.25, 0.3) is 0 Å². The van der Waals surface area contributed by atoms with Gasteiger partial charge in [0.05, 0.1) is 17.7 Å². The van der Waals surface area contributed by atoms with E-state index in [1.165, 1.54) is 27.9 Å². The molecule has 0 amide bonds. The largest absolute Gasteiger partial charge is 0.497 e. The number of nitrogens with two attached hydrogens (primary N) is 1. The van der Waals surface area contributed by atoms with Crippen molar-refractivity contribution in [2.45, 2.75) is 19.6 Å². The van der Waals surface area contributed by atoms with Crippen molar-refractivity contribution in [2.24, 2.45) is 0 Å². The van der Waals surface area contributed by atoms with Crippen molar-refractivity contribution in [1.82, 2.24) is 9.47 Å². The minimum Gasteiger partial charge on any atom is -0.497 e. The van der Waals surface area contributed by atoms with Gasteiger partial charge in [-0.05, 0) is 59.5 Å². The van der Waals surface area contributed by atoms with Gasteiger partial charge < -0.3 is 15.0 Å². The van der Waals surface area contributed by atoms with E-state index in [1.54, 1.807) is 31.4 Å². The second-order valence-corrected chi connectivity index (χ2v) is 9.11. The van der Waals surface area contributed by atoms with Gasteiger partial charge in [0.15, 0.2) is 5.78 Å². The van der Waals surface area contributed by atoms with Crippen molar-refractivity contribution in [3.8, 4) is 5.75 Å². The molecular formula is C24H22ClN3O2S. The summed E-state index contributed by atoms with van der Waals surface area (Å²) in [6.45, 7) is 3.33. The Morgan fingerprint density at radius 1 is 1.16 bits per heavy atom. The third kappa shape index (κ3) is 3.71. The zero-order valence-electron chi connectivity index (χ0n) is 17.1. The predicted octanol–water partition coefficient (Wildman–Crippen LogP) is 5.19. The molecule has 0 bridgehead atoms. The molecule has 2 aromatic carbocycles. The highest BCUT2D eigenvalue weighted by Crippen LogP contribution is 2.32. The third-order valence-electron chi connectivity index (χ3n) is 5.84. The number of nitrogen functional groups attached to an aromatic ring is 1. The molecule has 0 saturated carbocycles. The summed E-state index contributed by atoms with van der Waals surface area (Å²) < 4.78 is 7.73. The SMILES string of the molecule is COc1ccc2c(c1)cc1n2CCN(Cc2csc(N)c2C(=O)c2ccc(Cl)cc2)C1. The highest BCUT2D eigenvalue weighted by Gasteiger charge is 2.24. The molecule has 0 aliphatic carbocycles. The molecule has 3 heterocycles. The number of carbonyl (C=O) groups excluding carboxylic acids is 1. The van der Waals surface area contributed by atoms with E-state index < -0.39 is 0 Å². The maximum Gasteiger partial charge on any atom is 0.196 e. The molecule has 2 N–H and O–H groups in total. The molecule has 0 saturated heterocycles. The zero-order valence-corrected chi connectivity index (χ0v) is 18.7. The Balaban J connectivity index is 1.39. The van der Waals surface area contributed by atoms with Crippen LogP contribution in [-0.4, -0.2) is 28.9 Å². The number of ketones is 1. The van der Waals surface area contributed by atoms with Crippen LogP contribution in [0.25, 0.3) is 10.9 Å². The minimum atomic E-state index is -0.0522. The van der Waals surface area contributed by atoms with Gasteiger partial charge in [0.2, 0.25) is 0 Å². The molecule has 1 aliphatic rings. The molecule has 0 atom stereocenters.